The number of pyridine rings is 1. The van der Waals surface area contributed by atoms with Crippen molar-refractivity contribution in [2.24, 2.45) is 0 Å². The molecule has 0 atom stereocenters. The van der Waals surface area contributed by atoms with Crippen LogP contribution in [-0.2, 0) is 6.42 Å². The van der Waals surface area contributed by atoms with Crippen molar-refractivity contribution in [3.63, 3.8) is 0 Å². The maximum atomic E-state index is 11.4. The zero-order valence-electron chi connectivity index (χ0n) is 10.7. The first-order chi connectivity index (χ1) is 9.63. The number of carbonyl (C=O) groups is 1. The van der Waals surface area contributed by atoms with Crippen LogP contribution in [0.3, 0.4) is 0 Å². The molecule has 100 valence electrons. The van der Waals surface area contributed by atoms with Crippen LogP contribution < -0.4 is 0 Å². The summed E-state index contributed by atoms with van der Waals surface area (Å²) in [6.45, 7) is 0. The van der Waals surface area contributed by atoms with Crippen LogP contribution in [0.4, 0.5) is 0 Å². The van der Waals surface area contributed by atoms with Gasteiger partial charge in [0.05, 0.1) is 17.0 Å². The number of nitrogens with zero attached hydrogens (tertiary/aromatic N) is 1. The zero-order valence-corrected chi connectivity index (χ0v) is 11.4. The highest BCUT2D eigenvalue weighted by molar-refractivity contribution is 6.30. The van der Waals surface area contributed by atoms with Crippen molar-refractivity contribution in [3.05, 3.63) is 51.7 Å². The fraction of sp³-hybridized carbons (Fsp3) is 0.250. The number of fused-ring (bicyclic) bond motifs is 3. The van der Waals surface area contributed by atoms with Gasteiger partial charge in [0, 0.05) is 22.9 Å². The monoisotopic (exact) mass is 285 g/mol. The van der Waals surface area contributed by atoms with Gasteiger partial charge in [0.1, 0.15) is 0 Å². The summed E-state index contributed by atoms with van der Waals surface area (Å²) in [4.78, 5) is 16.1. The molecule has 2 aliphatic rings. The van der Waals surface area contributed by atoms with E-state index in [1.165, 1.54) is 0 Å². The van der Waals surface area contributed by atoms with Crippen LogP contribution in [0, 0.1) is 0 Å². The second-order valence-electron chi connectivity index (χ2n) is 5.49. The third-order valence-corrected chi connectivity index (χ3v) is 4.26. The lowest BCUT2D eigenvalue weighted by atomic mass is 10.0. The predicted molar refractivity (Wildman–Crippen MR) is 76.4 cm³/mol. The Labute approximate surface area is 121 Å². The lowest BCUT2D eigenvalue weighted by molar-refractivity contribution is 0.0695. The van der Waals surface area contributed by atoms with Crippen molar-refractivity contribution in [2.45, 2.75) is 25.2 Å². The average Bonchev–Trinajstić information content (AvgIpc) is 3.18. The molecule has 0 unspecified atom stereocenters. The van der Waals surface area contributed by atoms with E-state index < -0.39 is 5.97 Å². The predicted octanol–water partition coefficient (Wildman–Crippen LogP) is 3.88. The lowest BCUT2D eigenvalue weighted by Gasteiger charge is -2.08. The molecule has 0 amide bonds. The molecule has 0 radical (unpaired) electrons. The summed E-state index contributed by atoms with van der Waals surface area (Å²) in [5, 5.41) is 10.1. The third-order valence-electron chi connectivity index (χ3n) is 4.03. The van der Waals surface area contributed by atoms with E-state index in [4.69, 9.17) is 11.6 Å². The summed E-state index contributed by atoms with van der Waals surface area (Å²) in [7, 11) is 0. The third kappa shape index (κ3) is 1.74. The number of aromatic carboxylic acids is 1. The van der Waals surface area contributed by atoms with Crippen molar-refractivity contribution in [3.8, 4) is 11.3 Å². The second kappa shape index (κ2) is 4.06. The molecule has 1 aromatic heterocycles. The Morgan fingerprint density at radius 2 is 2.05 bits per heavy atom. The summed E-state index contributed by atoms with van der Waals surface area (Å²) >= 11 is 6.03. The quantitative estimate of drug-likeness (QED) is 0.777. The van der Waals surface area contributed by atoms with Crippen LogP contribution in [0.15, 0.2) is 24.3 Å². The van der Waals surface area contributed by atoms with Crippen molar-refractivity contribution in [1.82, 2.24) is 4.98 Å². The van der Waals surface area contributed by atoms with E-state index >= 15 is 0 Å². The van der Waals surface area contributed by atoms with Gasteiger partial charge < -0.3 is 5.11 Å². The first-order valence-corrected chi connectivity index (χ1v) is 7.07. The lowest BCUT2D eigenvalue weighted by Crippen LogP contribution is -2.06. The van der Waals surface area contributed by atoms with Gasteiger partial charge in [-0.05, 0) is 42.2 Å². The van der Waals surface area contributed by atoms with E-state index in [0.29, 0.717) is 22.9 Å². The van der Waals surface area contributed by atoms with Gasteiger partial charge in [-0.15, -0.1) is 0 Å². The second-order valence-corrected chi connectivity index (χ2v) is 5.92. The Morgan fingerprint density at radius 3 is 2.75 bits per heavy atom. The van der Waals surface area contributed by atoms with Crippen LogP contribution in [0.5, 0.6) is 0 Å². The molecule has 20 heavy (non-hydrogen) atoms. The molecular formula is C16H12ClNO2. The van der Waals surface area contributed by atoms with E-state index in [1.54, 1.807) is 6.07 Å². The van der Waals surface area contributed by atoms with E-state index in [1.807, 2.05) is 18.2 Å². The highest BCUT2D eigenvalue weighted by atomic mass is 35.5. The summed E-state index contributed by atoms with van der Waals surface area (Å²) in [5.74, 6) is -0.557. The maximum Gasteiger partial charge on any atom is 0.337 e. The molecule has 0 spiro atoms. The molecule has 1 heterocycles. The molecule has 0 saturated heterocycles. The molecule has 3 nitrogen and oxygen atoms in total. The fourth-order valence-corrected chi connectivity index (χ4v) is 3.12. The number of rotatable bonds is 2. The van der Waals surface area contributed by atoms with Crippen LogP contribution >= 0.6 is 11.6 Å². The molecule has 0 aliphatic heterocycles. The first-order valence-electron chi connectivity index (χ1n) is 6.69. The molecule has 1 N–H and O–H groups in total. The number of benzene rings is 1. The molecule has 1 aromatic carbocycles. The van der Waals surface area contributed by atoms with Gasteiger partial charge in [0.15, 0.2) is 0 Å². The Balaban J connectivity index is 1.92. The van der Waals surface area contributed by atoms with Gasteiger partial charge >= 0.3 is 5.97 Å². The van der Waals surface area contributed by atoms with Gasteiger partial charge in [-0.3, -0.25) is 4.98 Å². The molecule has 2 aliphatic carbocycles. The number of halogens is 1. The van der Waals surface area contributed by atoms with E-state index in [0.717, 1.165) is 40.9 Å². The van der Waals surface area contributed by atoms with Gasteiger partial charge in [0.2, 0.25) is 0 Å². The van der Waals surface area contributed by atoms with Crippen LogP contribution in [0.1, 0.15) is 45.9 Å². The highest BCUT2D eigenvalue weighted by Crippen LogP contribution is 2.44. The van der Waals surface area contributed by atoms with E-state index in [-0.39, 0.29) is 0 Å². The molecule has 0 bridgehead atoms. The molecule has 2 aromatic rings. The average molecular weight is 286 g/mol. The molecule has 4 rings (SSSR count). The summed E-state index contributed by atoms with van der Waals surface area (Å²) in [5.41, 5.74) is 5.25. The minimum Gasteiger partial charge on any atom is -0.478 e. The van der Waals surface area contributed by atoms with Crippen LogP contribution in [0.25, 0.3) is 11.3 Å². The number of carboxylic acid groups (broad SMARTS) is 1. The number of aromatic nitrogens is 1. The van der Waals surface area contributed by atoms with Crippen LogP contribution in [0.2, 0.25) is 5.02 Å². The van der Waals surface area contributed by atoms with E-state index in [9.17, 15) is 9.90 Å². The Morgan fingerprint density at radius 1 is 1.25 bits per heavy atom. The SMILES string of the molecule is O=C(O)c1cc2c(nc1C1CC1)-c1ccc(Cl)cc1C2. The summed E-state index contributed by atoms with van der Waals surface area (Å²) < 4.78 is 0. The molecule has 4 heteroatoms. The fourth-order valence-electron chi connectivity index (χ4n) is 2.92. The molecule has 1 saturated carbocycles. The van der Waals surface area contributed by atoms with E-state index in [2.05, 4.69) is 4.98 Å². The first kappa shape index (κ1) is 11.9. The smallest absolute Gasteiger partial charge is 0.337 e. The highest BCUT2D eigenvalue weighted by Gasteiger charge is 2.32. The minimum absolute atomic E-state index is 0.322. The normalized spacial score (nSPS) is 15.8. The van der Waals surface area contributed by atoms with Crippen molar-refractivity contribution < 1.29 is 9.90 Å². The molecular weight excluding hydrogens is 274 g/mol. The van der Waals surface area contributed by atoms with Crippen molar-refractivity contribution in [1.29, 1.82) is 0 Å². The van der Waals surface area contributed by atoms with Crippen molar-refractivity contribution >= 4 is 17.6 Å². The topological polar surface area (TPSA) is 50.2 Å². The Hall–Kier alpha value is -1.87. The van der Waals surface area contributed by atoms with Gasteiger partial charge in [-0.2, -0.15) is 0 Å². The largest absolute Gasteiger partial charge is 0.478 e. The Kier molecular flexibility index (Phi) is 2.42. The molecule has 1 fully saturated rings. The number of carboxylic acids is 1. The van der Waals surface area contributed by atoms with Crippen molar-refractivity contribution in [2.75, 3.05) is 0 Å². The van der Waals surface area contributed by atoms with Gasteiger partial charge in [0.25, 0.3) is 0 Å². The zero-order chi connectivity index (χ0) is 13.9. The van der Waals surface area contributed by atoms with Gasteiger partial charge in [-0.1, -0.05) is 17.7 Å². The van der Waals surface area contributed by atoms with Gasteiger partial charge in [-0.25, -0.2) is 4.79 Å². The number of hydrogen-bond donors (Lipinski definition) is 1. The summed E-state index contributed by atoms with van der Waals surface area (Å²) in [6.07, 6.45) is 2.79. The standard InChI is InChI=1S/C16H12ClNO2/c17-11-3-4-12-9(6-11)5-10-7-13(16(19)20)14(8-1-2-8)18-15(10)12/h3-4,6-8H,1-2,5H2,(H,19,20). The maximum absolute atomic E-state index is 11.4. The number of hydrogen-bond acceptors (Lipinski definition) is 2. The summed E-state index contributed by atoms with van der Waals surface area (Å²) in [6, 6.07) is 7.58. The Bertz CT molecular complexity index is 750. The minimum atomic E-state index is -0.879. The van der Waals surface area contributed by atoms with Crippen LogP contribution in [-0.4, -0.2) is 16.1 Å².